The fraction of sp³-hybridized carbons (Fsp3) is 0.912. The molecule has 0 bridgehead atoms. The van der Waals surface area contributed by atoms with Crippen LogP contribution in [0.25, 0.3) is 0 Å². The van der Waals surface area contributed by atoms with Gasteiger partial charge in [-0.3, -0.25) is 9.59 Å². The van der Waals surface area contributed by atoms with Crippen LogP contribution < -0.4 is 5.32 Å². The molecule has 0 aliphatic rings. The summed E-state index contributed by atoms with van der Waals surface area (Å²) >= 11 is 0. The number of aliphatic hydroxyl groups excluding tert-OH is 2. The minimum Gasteiger partial charge on any atom is -0.466 e. The molecule has 0 aromatic carbocycles. The van der Waals surface area contributed by atoms with Gasteiger partial charge in [-0.1, -0.05) is 327 Å². The van der Waals surface area contributed by atoms with Crippen molar-refractivity contribution < 1.29 is 24.5 Å². The molecule has 74 heavy (non-hydrogen) atoms. The number of hydrogen-bond acceptors (Lipinski definition) is 5. The van der Waals surface area contributed by atoms with Crippen LogP contribution in [0.3, 0.4) is 0 Å². The van der Waals surface area contributed by atoms with Gasteiger partial charge in [-0.15, -0.1) is 0 Å². The number of esters is 1. The Morgan fingerprint density at radius 2 is 0.676 bits per heavy atom. The van der Waals surface area contributed by atoms with E-state index in [9.17, 15) is 19.8 Å². The standard InChI is InChI=1S/C68H131NO5/c1-3-5-7-9-11-13-14-15-16-32-36-39-42-46-50-54-58-62-68(73)74-63-59-55-51-47-43-40-37-34-31-29-27-25-23-21-19-17-18-20-22-24-26-28-30-33-35-38-41-45-49-53-57-61-67(72)69-65(64-70)66(71)60-56-52-48-44-12-10-8-6-4-2/h19,21,25,27,65-66,70-71H,3-18,20,22-24,26,28-64H2,1-2H3,(H,69,72)/b21-19-,27-25-. The molecular formula is C68H131NO5. The van der Waals surface area contributed by atoms with Crippen molar-refractivity contribution >= 4 is 11.9 Å². The summed E-state index contributed by atoms with van der Waals surface area (Å²) < 4.78 is 5.50. The lowest BCUT2D eigenvalue weighted by Gasteiger charge is -2.22. The maximum Gasteiger partial charge on any atom is 0.305 e. The molecule has 6 heteroatoms. The molecule has 0 fully saturated rings. The van der Waals surface area contributed by atoms with Gasteiger partial charge in [0.05, 0.1) is 25.4 Å². The minimum absolute atomic E-state index is 0.0175. The predicted octanol–water partition coefficient (Wildman–Crippen LogP) is 21.4. The van der Waals surface area contributed by atoms with Crippen molar-refractivity contribution in [2.24, 2.45) is 0 Å². The van der Waals surface area contributed by atoms with Crippen LogP contribution in [0.5, 0.6) is 0 Å². The lowest BCUT2D eigenvalue weighted by Crippen LogP contribution is -2.45. The van der Waals surface area contributed by atoms with Crippen molar-refractivity contribution in [2.45, 2.75) is 386 Å². The van der Waals surface area contributed by atoms with Crippen LogP contribution >= 0.6 is 0 Å². The summed E-state index contributed by atoms with van der Waals surface area (Å²) in [4.78, 5) is 24.5. The molecule has 438 valence electrons. The SMILES string of the molecule is CCCCCCCCCCCCCCCCCCCC(=O)OCCCCCCCCCCC/C=C\C/C=C\CCCCCCCCCCCCCCCCCC(=O)NC(CO)C(O)CCCCCCCCCCC. The molecule has 0 saturated heterocycles. The normalized spacial score (nSPS) is 12.6. The maximum absolute atomic E-state index is 12.4. The second-order valence-corrected chi connectivity index (χ2v) is 23.2. The second kappa shape index (κ2) is 63.9. The maximum atomic E-state index is 12.4. The van der Waals surface area contributed by atoms with Gasteiger partial charge in [0.25, 0.3) is 0 Å². The first kappa shape index (κ1) is 72.3. The Kier molecular flexibility index (Phi) is 62.4. The summed E-state index contributed by atoms with van der Waals surface area (Å²) in [5.74, 6) is -0.0179. The zero-order valence-electron chi connectivity index (χ0n) is 50.1. The van der Waals surface area contributed by atoms with E-state index in [-0.39, 0.29) is 18.5 Å². The number of allylic oxidation sites excluding steroid dienone is 4. The topological polar surface area (TPSA) is 95.9 Å². The third-order valence-electron chi connectivity index (χ3n) is 15.8. The summed E-state index contributed by atoms with van der Waals surface area (Å²) in [5, 5.41) is 23.1. The van der Waals surface area contributed by atoms with Crippen molar-refractivity contribution in [2.75, 3.05) is 13.2 Å². The van der Waals surface area contributed by atoms with Crippen LogP contribution in [-0.2, 0) is 14.3 Å². The zero-order valence-corrected chi connectivity index (χ0v) is 50.1. The molecule has 0 aliphatic heterocycles. The van der Waals surface area contributed by atoms with Crippen LogP contribution in [0, 0.1) is 0 Å². The van der Waals surface area contributed by atoms with Crippen LogP contribution in [0.4, 0.5) is 0 Å². The molecule has 0 saturated carbocycles. The quantitative estimate of drug-likeness (QED) is 0.0320. The highest BCUT2D eigenvalue weighted by molar-refractivity contribution is 5.76. The third-order valence-corrected chi connectivity index (χ3v) is 15.8. The van der Waals surface area contributed by atoms with E-state index in [1.54, 1.807) is 0 Å². The third kappa shape index (κ3) is 59.6. The average molecular weight is 1040 g/mol. The Morgan fingerprint density at radius 1 is 0.378 bits per heavy atom. The van der Waals surface area contributed by atoms with Crippen molar-refractivity contribution in [1.82, 2.24) is 5.32 Å². The van der Waals surface area contributed by atoms with E-state index in [1.165, 1.54) is 295 Å². The number of hydrogen-bond donors (Lipinski definition) is 3. The first-order valence-electron chi connectivity index (χ1n) is 33.6. The first-order valence-corrected chi connectivity index (χ1v) is 33.6. The van der Waals surface area contributed by atoms with Gasteiger partial charge >= 0.3 is 5.97 Å². The number of aliphatic hydroxyl groups is 2. The number of rotatable bonds is 63. The van der Waals surface area contributed by atoms with E-state index in [0.717, 1.165) is 44.9 Å². The number of unbranched alkanes of at least 4 members (excludes halogenated alkanes) is 48. The lowest BCUT2D eigenvalue weighted by molar-refractivity contribution is -0.143. The lowest BCUT2D eigenvalue weighted by atomic mass is 10.0. The summed E-state index contributed by atoms with van der Waals surface area (Å²) in [6.45, 7) is 4.96. The molecule has 0 spiro atoms. The monoisotopic (exact) mass is 1040 g/mol. The number of carbonyl (C=O) groups is 2. The van der Waals surface area contributed by atoms with E-state index >= 15 is 0 Å². The smallest absolute Gasteiger partial charge is 0.305 e. The zero-order chi connectivity index (χ0) is 53.6. The molecule has 2 atom stereocenters. The highest BCUT2D eigenvalue weighted by Gasteiger charge is 2.20. The van der Waals surface area contributed by atoms with Gasteiger partial charge in [0, 0.05) is 12.8 Å². The molecule has 0 aromatic rings. The van der Waals surface area contributed by atoms with Gasteiger partial charge in [-0.2, -0.15) is 0 Å². The van der Waals surface area contributed by atoms with Gasteiger partial charge in [0.2, 0.25) is 5.91 Å². The van der Waals surface area contributed by atoms with E-state index in [4.69, 9.17) is 4.74 Å². The Morgan fingerprint density at radius 3 is 1.03 bits per heavy atom. The fourth-order valence-electron chi connectivity index (χ4n) is 10.6. The van der Waals surface area contributed by atoms with Gasteiger partial charge in [-0.05, 0) is 57.8 Å². The number of nitrogens with one attached hydrogen (secondary N) is 1. The van der Waals surface area contributed by atoms with E-state index in [1.807, 2.05) is 0 Å². The first-order chi connectivity index (χ1) is 36.5. The number of amides is 1. The summed E-state index contributed by atoms with van der Waals surface area (Å²) in [6, 6.07) is -0.538. The fourth-order valence-corrected chi connectivity index (χ4v) is 10.6. The summed E-state index contributed by atoms with van der Waals surface area (Å²) in [6.07, 6.45) is 79.5. The highest BCUT2D eigenvalue weighted by atomic mass is 16.5. The van der Waals surface area contributed by atoms with Crippen LogP contribution in [-0.4, -0.2) is 47.4 Å². The Balaban J connectivity index is 3.34. The van der Waals surface area contributed by atoms with Crippen molar-refractivity contribution in [3.8, 4) is 0 Å². The summed E-state index contributed by atoms with van der Waals surface area (Å²) in [7, 11) is 0. The Labute approximate surface area is 462 Å². The second-order valence-electron chi connectivity index (χ2n) is 23.2. The van der Waals surface area contributed by atoms with Gasteiger partial charge in [0.15, 0.2) is 0 Å². The van der Waals surface area contributed by atoms with Gasteiger partial charge in [0.1, 0.15) is 0 Å². The predicted molar refractivity (Wildman–Crippen MR) is 324 cm³/mol. The summed E-state index contributed by atoms with van der Waals surface area (Å²) in [5.41, 5.74) is 0. The molecule has 0 aliphatic carbocycles. The van der Waals surface area contributed by atoms with E-state index < -0.39 is 12.1 Å². The van der Waals surface area contributed by atoms with E-state index in [2.05, 4.69) is 43.5 Å². The number of ether oxygens (including phenoxy) is 1. The molecule has 3 N–H and O–H groups in total. The van der Waals surface area contributed by atoms with Crippen LogP contribution in [0.2, 0.25) is 0 Å². The van der Waals surface area contributed by atoms with E-state index in [0.29, 0.717) is 25.9 Å². The minimum atomic E-state index is -0.661. The Bertz CT molecular complexity index is 1150. The molecular weight excluding hydrogens is 911 g/mol. The molecule has 0 heterocycles. The molecule has 0 radical (unpaired) electrons. The van der Waals surface area contributed by atoms with Gasteiger partial charge in [-0.25, -0.2) is 0 Å². The highest BCUT2D eigenvalue weighted by Crippen LogP contribution is 2.18. The molecule has 6 nitrogen and oxygen atoms in total. The molecule has 1 amide bonds. The molecule has 2 unspecified atom stereocenters. The van der Waals surface area contributed by atoms with Crippen LogP contribution in [0.1, 0.15) is 373 Å². The Hall–Kier alpha value is -1.66. The average Bonchev–Trinajstić information content (AvgIpc) is 3.40. The van der Waals surface area contributed by atoms with Gasteiger partial charge < -0.3 is 20.3 Å². The number of carbonyl (C=O) groups excluding carboxylic acids is 2. The van der Waals surface area contributed by atoms with Crippen molar-refractivity contribution in [1.29, 1.82) is 0 Å². The molecule has 0 rings (SSSR count). The van der Waals surface area contributed by atoms with Crippen LogP contribution in [0.15, 0.2) is 24.3 Å². The molecule has 0 aromatic heterocycles. The largest absolute Gasteiger partial charge is 0.466 e. The van der Waals surface area contributed by atoms with Crippen molar-refractivity contribution in [3.63, 3.8) is 0 Å². The van der Waals surface area contributed by atoms with Crippen molar-refractivity contribution in [3.05, 3.63) is 24.3 Å².